The van der Waals surface area contributed by atoms with E-state index in [1.165, 1.54) is 0 Å². The molecular weight excluding hydrogens is 318 g/mol. The number of hydrogen-bond donors (Lipinski definition) is 1. The highest BCUT2D eigenvalue weighted by Crippen LogP contribution is 2.30. The minimum absolute atomic E-state index is 0.125. The molecule has 0 saturated carbocycles. The van der Waals surface area contributed by atoms with Gasteiger partial charge in [-0.05, 0) is 70.2 Å². The monoisotopic (exact) mass is 343 g/mol. The van der Waals surface area contributed by atoms with Crippen molar-refractivity contribution in [3.63, 3.8) is 0 Å². The van der Waals surface area contributed by atoms with Crippen molar-refractivity contribution >= 4 is 16.9 Å². The van der Waals surface area contributed by atoms with E-state index in [4.69, 9.17) is 9.15 Å². The standard InChI is InChI=1S/C20H25NO4/c1-5-16(18(22)21-20(2,3)4)24-12-9-10-17-15(11-12)13-7-6-8-14(13)19(23)25-17/h9-11,16H,5-8H2,1-4H3,(H,21,22). The van der Waals surface area contributed by atoms with E-state index in [9.17, 15) is 9.59 Å². The first kappa shape index (κ1) is 17.5. The third kappa shape index (κ3) is 3.70. The molecule has 1 N–H and O–H groups in total. The van der Waals surface area contributed by atoms with Crippen molar-refractivity contribution in [2.45, 2.75) is 65.0 Å². The van der Waals surface area contributed by atoms with Crippen molar-refractivity contribution in [1.29, 1.82) is 0 Å². The van der Waals surface area contributed by atoms with E-state index in [1.54, 1.807) is 12.1 Å². The van der Waals surface area contributed by atoms with Gasteiger partial charge in [-0.15, -0.1) is 0 Å². The summed E-state index contributed by atoms with van der Waals surface area (Å²) in [5.41, 5.74) is 1.88. The second kappa shape index (κ2) is 6.54. The Hall–Kier alpha value is -2.30. The summed E-state index contributed by atoms with van der Waals surface area (Å²) in [6, 6.07) is 5.38. The van der Waals surface area contributed by atoms with Crippen LogP contribution in [0.25, 0.3) is 11.0 Å². The first-order chi connectivity index (χ1) is 11.8. The maximum absolute atomic E-state index is 12.4. The second-order valence-corrected chi connectivity index (χ2v) is 7.61. The normalized spacial score (nSPS) is 15.0. The molecule has 1 aliphatic carbocycles. The van der Waals surface area contributed by atoms with Crippen molar-refractivity contribution in [3.8, 4) is 5.75 Å². The summed E-state index contributed by atoms with van der Waals surface area (Å²) in [5.74, 6) is 0.492. The molecule has 0 spiro atoms. The molecule has 1 unspecified atom stereocenters. The molecule has 0 bridgehead atoms. The molecule has 1 amide bonds. The smallest absolute Gasteiger partial charge is 0.339 e. The van der Waals surface area contributed by atoms with Crippen LogP contribution in [0.5, 0.6) is 5.75 Å². The Morgan fingerprint density at radius 2 is 2.00 bits per heavy atom. The number of benzene rings is 1. The van der Waals surface area contributed by atoms with Crippen LogP contribution in [0.4, 0.5) is 0 Å². The van der Waals surface area contributed by atoms with E-state index in [-0.39, 0.29) is 17.1 Å². The van der Waals surface area contributed by atoms with Crippen LogP contribution in [-0.2, 0) is 17.6 Å². The highest BCUT2D eigenvalue weighted by atomic mass is 16.5. The highest BCUT2D eigenvalue weighted by molar-refractivity contribution is 5.84. The van der Waals surface area contributed by atoms with Crippen molar-refractivity contribution in [1.82, 2.24) is 5.32 Å². The van der Waals surface area contributed by atoms with Crippen molar-refractivity contribution < 1.29 is 13.9 Å². The molecule has 5 nitrogen and oxygen atoms in total. The van der Waals surface area contributed by atoms with Crippen LogP contribution in [0.15, 0.2) is 27.4 Å². The Kier molecular flexibility index (Phi) is 4.58. The molecule has 1 heterocycles. The first-order valence-corrected chi connectivity index (χ1v) is 8.86. The van der Waals surface area contributed by atoms with E-state index in [2.05, 4.69) is 5.32 Å². The van der Waals surface area contributed by atoms with Crippen LogP contribution in [0.1, 0.15) is 51.7 Å². The lowest BCUT2D eigenvalue weighted by Gasteiger charge is -2.25. The van der Waals surface area contributed by atoms with E-state index in [0.717, 1.165) is 35.8 Å². The van der Waals surface area contributed by atoms with Gasteiger partial charge in [0.25, 0.3) is 5.91 Å². The molecule has 1 atom stereocenters. The zero-order chi connectivity index (χ0) is 18.2. The lowest BCUT2D eigenvalue weighted by atomic mass is 10.1. The number of carbonyl (C=O) groups excluding carboxylic acids is 1. The summed E-state index contributed by atoms with van der Waals surface area (Å²) in [5, 5.41) is 3.87. The summed E-state index contributed by atoms with van der Waals surface area (Å²) < 4.78 is 11.4. The molecule has 0 saturated heterocycles. The average Bonchev–Trinajstić information content (AvgIpc) is 3.02. The molecular formula is C20H25NO4. The molecule has 25 heavy (non-hydrogen) atoms. The zero-order valence-corrected chi connectivity index (χ0v) is 15.3. The van der Waals surface area contributed by atoms with Gasteiger partial charge in [0.15, 0.2) is 6.10 Å². The number of hydrogen-bond acceptors (Lipinski definition) is 4. The van der Waals surface area contributed by atoms with Gasteiger partial charge in [0, 0.05) is 16.5 Å². The van der Waals surface area contributed by atoms with E-state index in [1.807, 2.05) is 33.8 Å². The number of carbonyl (C=O) groups is 1. The number of nitrogens with one attached hydrogen (secondary N) is 1. The van der Waals surface area contributed by atoms with Crippen molar-refractivity contribution in [2.24, 2.45) is 0 Å². The topological polar surface area (TPSA) is 68.5 Å². The lowest BCUT2D eigenvalue weighted by Crippen LogP contribution is -2.47. The predicted octanol–water partition coefficient (Wildman–Crippen LogP) is 3.35. The number of aryl methyl sites for hydroxylation is 1. The highest BCUT2D eigenvalue weighted by Gasteiger charge is 2.24. The molecule has 1 aromatic heterocycles. The van der Waals surface area contributed by atoms with Gasteiger partial charge in [-0.3, -0.25) is 4.79 Å². The van der Waals surface area contributed by atoms with Crippen LogP contribution >= 0.6 is 0 Å². The van der Waals surface area contributed by atoms with Gasteiger partial charge in [-0.2, -0.15) is 0 Å². The van der Waals surface area contributed by atoms with Gasteiger partial charge in [0.1, 0.15) is 11.3 Å². The van der Waals surface area contributed by atoms with Crippen LogP contribution in [0.3, 0.4) is 0 Å². The molecule has 134 valence electrons. The fourth-order valence-corrected chi connectivity index (χ4v) is 3.27. The van der Waals surface area contributed by atoms with E-state index in [0.29, 0.717) is 17.8 Å². The third-order valence-corrected chi connectivity index (χ3v) is 4.38. The number of rotatable bonds is 4. The first-order valence-electron chi connectivity index (χ1n) is 8.86. The van der Waals surface area contributed by atoms with Gasteiger partial charge in [0.05, 0.1) is 0 Å². The Bertz CT molecular complexity index is 860. The Labute approximate surface area is 147 Å². The third-order valence-electron chi connectivity index (χ3n) is 4.38. The molecule has 1 aliphatic rings. The Morgan fingerprint density at radius 1 is 1.28 bits per heavy atom. The maximum atomic E-state index is 12.4. The largest absolute Gasteiger partial charge is 0.481 e. The molecule has 2 aromatic rings. The predicted molar refractivity (Wildman–Crippen MR) is 97.1 cm³/mol. The SMILES string of the molecule is CCC(Oc1ccc2oc(=O)c3c(c2c1)CCC3)C(=O)NC(C)(C)C. The van der Waals surface area contributed by atoms with Crippen LogP contribution < -0.4 is 15.7 Å². The number of fused-ring (bicyclic) bond motifs is 3. The fraction of sp³-hybridized carbons (Fsp3) is 0.500. The molecule has 0 aliphatic heterocycles. The van der Waals surface area contributed by atoms with E-state index < -0.39 is 6.10 Å². The van der Waals surface area contributed by atoms with Gasteiger partial charge in [-0.25, -0.2) is 4.79 Å². The Morgan fingerprint density at radius 3 is 2.68 bits per heavy atom. The van der Waals surface area contributed by atoms with Gasteiger partial charge in [0.2, 0.25) is 0 Å². The van der Waals surface area contributed by atoms with Crippen LogP contribution in [0, 0.1) is 0 Å². The van der Waals surface area contributed by atoms with Crippen LogP contribution in [-0.4, -0.2) is 17.6 Å². The summed E-state index contributed by atoms with van der Waals surface area (Å²) in [7, 11) is 0. The zero-order valence-electron chi connectivity index (χ0n) is 15.3. The molecule has 0 fully saturated rings. The molecule has 0 radical (unpaired) electrons. The second-order valence-electron chi connectivity index (χ2n) is 7.61. The minimum atomic E-state index is -0.555. The average molecular weight is 343 g/mol. The quantitative estimate of drug-likeness (QED) is 0.865. The summed E-state index contributed by atoms with van der Waals surface area (Å²) in [4.78, 5) is 24.4. The van der Waals surface area contributed by atoms with Gasteiger partial charge >= 0.3 is 5.63 Å². The fourth-order valence-electron chi connectivity index (χ4n) is 3.27. The number of ether oxygens (including phenoxy) is 1. The Balaban J connectivity index is 1.90. The minimum Gasteiger partial charge on any atom is -0.481 e. The number of amides is 1. The van der Waals surface area contributed by atoms with Gasteiger partial charge < -0.3 is 14.5 Å². The van der Waals surface area contributed by atoms with Crippen molar-refractivity contribution in [3.05, 3.63) is 39.7 Å². The van der Waals surface area contributed by atoms with Crippen LogP contribution in [0.2, 0.25) is 0 Å². The molecule has 3 rings (SSSR count). The lowest BCUT2D eigenvalue weighted by molar-refractivity contribution is -0.129. The molecule has 1 aromatic carbocycles. The summed E-state index contributed by atoms with van der Waals surface area (Å²) >= 11 is 0. The van der Waals surface area contributed by atoms with Gasteiger partial charge in [-0.1, -0.05) is 6.92 Å². The molecule has 5 heteroatoms. The summed E-state index contributed by atoms with van der Waals surface area (Å²) in [6.07, 6.45) is 2.63. The summed E-state index contributed by atoms with van der Waals surface area (Å²) in [6.45, 7) is 7.75. The van der Waals surface area contributed by atoms with Crippen molar-refractivity contribution in [2.75, 3.05) is 0 Å². The van der Waals surface area contributed by atoms with E-state index >= 15 is 0 Å². The maximum Gasteiger partial charge on any atom is 0.339 e.